The predicted molar refractivity (Wildman–Crippen MR) is 51.1 cm³/mol. The molecule has 5 nitrogen and oxygen atoms in total. The smallest absolute Gasteiger partial charge is 0.247 e. The van der Waals surface area contributed by atoms with E-state index in [1.54, 1.807) is 25.5 Å². The van der Waals surface area contributed by atoms with Crippen LogP contribution in [0.25, 0.3) is 0 Å². The van der Waals surface area contributed by atoms with Gasteiger partial charge in [0.1, 0.15) is 12.6 Å². The molecule has 1 amide bonds. The molecule has 1 aromatic heterocycles. The van der Waals surface area contributed by atoms with Crippen LogP contribution in [0.3, 0.4) is 0 Å². The van der Waals surface area contributed by atoms with Crippen molar-refractivity contribution >= 4 is 11.6 Å². The van der Waals surface area contributed by atoms with E-state index in [1.165, 1.54) is 4.90 Å². The molecule has 14 heavy (non-hydrogen) atoms. The second kappa shape index (κ2) is 3.26. The minimum absolute atomic E-state index is 0.144. The molecule has 0 saturated heterocycles. The zero-order valence-electron chi connectivity index (χ0n) is 7.80. The number of carbonyl (C=O) groups is 1. The van der Waals surface area contributed by atoms with Crippen LogP contribution in [-0.2, 0) is 4.79 Å². The largest absolute Gasteiger partial charge is 0.488 e. The molecule has 0 bridgehead atoms. The Hall–Kier alpha value is -1.62. The lowest BCUT2D eigenvalue weighted by atomic mass is 10.3. The molecule has 1 aliphatic rings. The minimum Gasteiger partial charge on any atom is -0.488 e. The third kappa shape index (κ3) is 1.31. The molecule has 0 radical (unpaired) electrons. The van der Waals surface area contributed by atoms with Gasteiger partial charge in [0.15, 0.2) is 5.75 Å². The Kier molecular flexibility index (Phi) is 2.09. The van der Waals surface area contributed by atoms with E-state index in [0.717, 1.165) is 0 Å². The van der Waals surface area contributed by atoms with Gasteiger partial charge in [0.05, 0.1) is 11.9 Å². The maximum atomic E-state index is 11.6. The Morgan fingerprint density at radius 2 is 2.50 bits per heavy atom. The first-order valence-corrected chi connectivity index (χ1v) is 4.30. The highest BCUT2D eigenvalue weighted by molar-refractivity contribution is 5.98. The summed E-state index contributed by atoms with van der Waals surface area (Å²) in [4.78, 5) is 17.0. The average molecular weight is 193 g/mol. The summed E-state index contributed by atoms with van der Waals surface area (Å²) < 4.78 is 5.35. The van der Waals surface area contributed by atoms with Crippen LogP contribution in [0.1, 0.15) is 0 Å². The predicted octanol–water partition coefficient (Wildman–Crippen LogP) is -0.236. The van der Waals surface area contributed by atoms with Crippen molar-refractivity contribution in [2.24, 2.45) is 5.73 Å². The fraction of sp³-hybridized carbons (Fsp3) is 0.333. The Morgan fingerprint density at radius 3 is 3.29 bits per heavy atom. The summed E-state index contributed by atoms with van der Waals surface area (Å²) in [6.45, 7) is 0.196. The zero-order chi connectivity index (χ0) is 10.1. The number of nitrogens with zero attached hydrogens (tertiary/aromatic N) is 2. The molecule has 0 saturated carbocycles. The van der Waals surface area contributed by atoms with Crippen LogP contribution in [0.15, 0.2) is 18.5 Å². The van der Waals surface area contributed by atoms with Gasteiger partial charge in [-0.3, -0.25) is 9.78 Å². The summed E-state index contributed by atoms with van der Waals surface area (Å²) in [5.74, 6) is 0.450. The Labute approximate surface area is 81.5 Å². The van der Waals surface area contributed by atoms with Crippen LogP contribution in [0, 0.1) is 0 Å². The molecular weight excluding hydrogens is 182 g/mol. The second-order valence-electron chi connectivity index (χ2n) is 3.16. The summed E-state index contributed by atoms with van der Waals surface area (Å²) in [5.41, 5.74) is 6.32. The van der Waals surface area contributed by atoms with Crippen molar-refractivity contribution in [3.8, 4) is 5.75 Å². The molecule has 0 aliphatic carbocycles. The maximum absolute atomic E-state index is 11.6. The second-order valence-corrected chi connectivity index (χ2v) is 3.16. The lowest BCUT2D eigenvalue weighted by molar-refractivity contribution is -0.119. The van der Waals surface area contributed by atoms with Crippen molar-refractivity contribution < 1.29 is 9.53 Å². The number of fused-ring (bicyclic) bond motifs is 1. The lowest BCUT2D eigenvalue weighted by Crippen LogP contribution is -2.43. The van der Waals surface area contributed by atoms with Gasteiger partial charge >= 0.3 is 0 Å². The maximum Gasteiger partial charge on any atom is 0.247 e. The summed E-state index contributed by atoms with van der Waals surface area (Å²) in [5, 5.41) is 0. The van der Waals surface area contributed by atoms with E-state index < -0.39 is 6.04 Å². The molecule has 1 atom stereocenters. The van der Waals surface area contributed by atoms with Crippen LogP contribution >= 0.6 is 0 Å². The molecule has 1 aromatic rings. The highest BCUT2D eigenvalue weighted by atomic mass is 16.5. The van der Waals surface area contributed by atoms with Crippen LogP contribution in [0.5, 0.6) is 5.75 Å². The molecule has 1 unspecified atom stereocenters. The van der Waals surface area contributed by atoms with Crippen molar-refractivity contribution in [3.05, 3.63) is 18.5 Å². The molecule has 2 N–H and O–H groups in total. The standard InChI is InChI=1S/C9H11N3O2/c1-12-7-2-3-11-4-8(7)14-5-6(10)9(12)13/h2-4,6H,5,10H2,1H3. The number of aromatic nitrogens is 1. The summed E-state index contributed by atoms with van der Waals surface area (Å²) >= 11 is 0. The number of hydrogen-bond acceptors (Lipinski definition) is 4. The normalized spacial score (nSPS) is 21.1. The van der Waals surface area contributed by atoms with E-state index in [1.807, 2.05) is 0 Å². The Bertz CT molecular complexity index is 367. The zero-order valence-corrected chi connectivity index (χ0v) is 7.80. The number of anilines is 1. The van der Waals surface area contributed by atoms with Gasteiger partial charge in [-0.05, 0) is 6.07 Å². The number of amides is 1. The molecule has 0 spiro atoms. The van der Waals surface area contributed by atoms with Gasteiger partial charge in [0.2, 0.25) is 5.91 Å². The number of hydrogen-bond donors (Lipinski definition) is 1. The van der Waals surface area contributed by atoms with Crippen molar-refractivity contribution in [2.75, 3.05) is 18.6 Å². The molecule has 0 aromatic carbocycles. The van der Waals surface area contributed by atoms with Crippen LogP contribution < -0.4 is 15.4 Å². The summed E-state index contributed by atoms with van der Waals surface area (Å²) in [6, 6.07) is 1.12. The third-order valence-electron chi connectivity index (χ3n) is 2.19. The van der Waals surface area contributed by atoms with Gasteiger partial charge < -0.3 is 15.4 Å². The van der Waals surface area contributed by atoms with E-state index in [0.29, 0.717) is 11.4 Å². The first-order valence-electron chi connectivity index (χ1n) is 4.30. The Balaban J connectivity index is 2.45. The lowest BCUT2D eigenvalue weighted by Gasteiger charge is -2.16. The van der Waals surface area contributed by atoms with Gasteiger partial charge in [0.25, 0.3) is 0 Å². The number of ether oxygens (including phenoxy) is 1. The van der Waals surface area contributed by atoms with E-state index in [9.17, 15) is 4.79 Å². The highest BCUT2D eigenvalue weighted by Gasteiger charge is 2.26. The van der Waals surface area contributed by atoms with Crippen molar-refractivity contribution in [3.63, 3.8) is 0 Å². The van der Waals surface area contributed by atoms with Gasteiger partial charge in [-0.15, -0.1) is 0 Å². The van der Waals surface area contributed by atoms with Crippen LogP contribution in [0.4, 0.5) is 5.69 Å². The fourth-order valence-corrected chi connectivity index (χ4v) is 1.38. The van der Waals surface area contributed by atoms with Gasteiger partial charge in [0, 0.05) is 13.2 Å². The molecule has 74 valence electrons. The van der Waals surface area contributed by atoms with Crippen molar-refractivity contribution in [2.45, 2.75) is 6.04 Å². The van der Waals surface area contributed by atoms with Crippen molar-refractivity contribution in [1.82, 2.24) is 4.98 Å². The van der Waals surface area contributed by atoms with E-state index in [4.69, 9.17) is 10.5 Å². The monoisotopic (exact) mass is 193 g/mol. The molecule has 5 heteroatoms. The highest BCUT2D eigenvalue weighted by Crippen LogP contribution is 2.28. The minimum atomic E-state index is -0.604. The number of nitrogens with two attached hydrogens (primary N) is 1. The average Bonchev–Trinajstić information content (AvgIpc) is 2.32. The number of carbonyl (C=O) groups excluding carboxylic acids is 1. The summed E-state index contributed by atoms with van der Waals surface area (Å²) in [7, 11) is 1.68. The Morgan fingerprint density at radius 1 is 1.71 bits per heavy atom. The quantitative estimate of drug-likeness (QED) is 0.617. The van der Waals surface area contributed by atoms with E-state index in [2.05, 4.69) is 4.98 Å². The van der Waals surface area contributed by atoms with Crippen molar-refractivity contribution in [1.29, 1.82) is 0 Å². The van der Waals surface area contributed by atoms with Crippen LogP contribution in [0.2, 0.25) is 0 Å². The molecular formula is C9H11N3O2. The molecule has 0 fully saturated rings. The molecule has 1 aliphatic heterocycles. The van der Waals surface area contributed by atoms with Crippen LogP contribution in [-0.4, -0.2) is 30.6 Å². The number of likely N-dealkylation sites (N-methyl/N-ethyl adjacent to an activating group) is 1. The first-order chi connectivity index (χ1) is 6.70. The first kappa shape index (κ1) is 8.96. The van der Waals surface area contributed by atoms with Gasteiger partial charge in [-0.25, -0.2) is 0 Å². The number of rotatable bonds is 0. The van der Waals surface area contributed by atoms with E-state index in [-0.39, 0.29) is 12.5 Å². The summed E-state index contributed by atoms with van der Waals surface area (Å²) in [6.07, 6.45) is 3.19. The topological polar surface area (TPSA) is 68.5 Å². The third-order valence-corrected chi connectivity index (χ3v) is 2.19. The van der Waals surface area contributed by atoms with Gasteiger partial charge in [-0.1, -0.05) is 0 Å². The number of pyridine rings is 1. The van der Waals surface area contributed by atoms with Gasteiger partial charge in [-0.2, -0.15) is 0 Å². The SMILES string of the molecule is CN1C(=O)C(N)COc2cnccc21. The molecule has 2 rings (SSSR count). The fourth-order valence-electron chi connectivity index (χ4n) is 1.38. The molecule has 2 heterocycles. The van der Waals surface area contributed by atoms with E-state index >= 15 is 0 Å².